The third-order valence-electron chi connectivity index (χ3n) is 5.72. The highest BCUT2D eigenvalue weighted by molar-refractivity contribution is 5.98. The van der Waals surface area contributed by atoms with E-state index in [2.05, 4.69) is 31.1 Å². The Bertz CT molecular complexity index is 1270. The third-order valence-corrected chi connectivity index (χ3v) is 5.72. The molecule has 5 N–H and O–H groups in total. The number of nitrogens with zero attached hydrogens (tertiary/aromatic N) is 4. The molecule has 12 heteroatoms. The lowest BCUT2D eigenvalue weighted by Crippen LogP contribution is -2.47. The Morgan fingerprint density at radius 3 is 2.49 bits per heavy atom. The summed E-state index contributed by atoms with van der Waals surface area (Å²) in [4.78, 5) is 30.2. The van der Waals surface area contributed by atoms with Crippen LogP contribution in [0, 0.1) is 11.7 Å². The van der Waals surface area contributed by atoms with Crippen LogP contribution in [0.1, 0.15) is 50.9 Å². The lowest BCUT2D eigenvalue weighted by atomic mass is 10.0. The topological polar surface area (TPSA) is 149 Å². The molecule has 1 aromatic carbocycles. The largest absolute Gasteiger partial charge is 0.444 e. The van der Waals surface area contributed by atoms with Crippen molar-refractivity contribution >= 4 is 29.3 Å². The molecule has 1 aliphatic rings. The van der Waals surface area contributed by atoms with E-state index in [-0.39, 0.29) is 35.2 Å². The van der Waals surface area contributed by atoms with Gasteiger partial charge in [-0.3, -0.25) is 4.79 Å². The molecule has 1 saturated carbocycles. The number of nitrogens with two attached hydrogens (primary N) is 1. The van der Waals surface area contributed by atoms with Gasteiger partial charge in [0.15, 0.2) is 11.6 Å². The van der Waals surface area contributed by atoms with Gasteiger partial charge < -0.3 is 26.4 Å². The van der Waals surface area contributed by atoms with E-state index in [0.717, 1.165) is 18.9 Å². The van der Waals surface area contributed by atoms with Crippen molar-refractivity contribution in [1.82, 2.24) is 25.3 Å². The SMILES string of the molecule is C[C@H](NC(=O)OC(C)(C)C)[C@H](Nc1nc(Nc2cccc(-n3nccn3)c2)c(C(N)=O)cc1F)C1CC1. The van der Waals surface area contributed by atoms with Crippen LogP contribution in [-0.2, 0) is 4.74 Å². The van der Waals surface area contributed by atoms with Crippen LogP contribution in [0.15, 0.2) is 42.7 Å². The number of hydrogen-bond acceptors (Lipinski definition) is 8. The molecule has 1 aliphatic carbocycles. The minimum atomic E-state index is -0.830. The van der Waals surface area contributed by atoms with E-state index in [9.17, 15) is 9.59 Å². The molecule has 2 aromatic heterocycles. The molecule has 0 saturated heterocycles. The Labute approximate surface area is 214 Å². The normalized spacial score (nSPS) is 14.9. The number of alkyl carbamates (subject to hydrolysis) is 1. The Morgan fingerprint density at radius 2 is 1.86 bits per heavy atom. The van der Waals surface area contributed by atoms with Gasteiger partial charge in [-0.15, -0.1) is 0 Å². The molecule has 2 amide bonds. The molecular weight excluding hydrogens is 479 g/mol. The quantitative estimate of drug-likeness (QED) is 0.340. The second-order valence-corrected chi connectivity index (χ2v) is 10.0. The number of carbonyl (C=O) groups is 2. The summed E-state index contributed by atoms with van der Waals surface area (Å²) >= 11 is 0. The number of halogens is 1. The predicted molar refractivity (Wildman–Crippen MR) is 136 cm³/mol. The van der Waals surface area contributed by atoms with E-state index >= 15 is 4.39 Å². The van der Waals surface area contributed by atoms with Gasteiger partial charge in [0.25, 0.3) is 5.91 Å². The van der Waals surface area contributed by atoms with Gasteiger partial charge in [0.2, 0.25) is 0 Å². The van der Waals surface area contributed by atoms with Gasteiger partial charge in [0.1, 0.15) is 11.4 Å². The predicted octanol–water partition coefficient (Wildman–Crippen LogP) is 3.75. The number of ether oxygens (including phenoxy) is 1. The maximum atomic E-state index is 15.1. The molecule has 196 valence electrons. The highest BCUT2D eigenvalue weighted by Gasteiger charge is 2.37. The van der Waals surface area contributed by atoms with E-state index in [1.165, 1.54) is 4.80 Å². The minimum Gasteiger partial charge on any atom is -0.444 e. The fourth-order valence-electron chi connectivity index (χ4n) is 3.91. The average Bonchev–Trinajstić information content (AvgIpc) is 3.49. The van der Waals surface area contributed by atoms with Gasteiger partial charge in [0.05, 0.1) is 29.7 Å². The highest BCUT2D eigenvalue weighted by atomic mass is 19.1. The van der Waals surface area contributed by atoms with Crippen molar-refractivity contribution in [2.75, 3.05) is 10.6 Å². The number of carbonyl (C=O) groups excluding carboxylic acids is 2. The molecule has 2 atom stereocenters. The van der Waals surface area contributed by atoms with Crippen LogP contribution in [0.3, 0.4) is 0 Å². The van der Waals surface area contributed by atoms with Crippen LogP contribution in [0.25, 0.3) is 5.69 Å². The van der Waals surface area contributed by atoms with Gasteiger partial charge in [-0.05, 0) is 70.7 Å². The third kappa shape index (κ3) is 6.72. The lowest BCUT2D eigenvalue weighted by Gasteiger charge is -2.28. The Hall–Kier alpha value is -4.22. The van der Waals surface area contributed by atoms with Gasteiger partial charge in [-0.1, -0.05) is 6.07 Å². The summed E-state index contributed by atoms with van der Waals surface area (Å²) in [7, 11) is 0. The number of primary amides is 1. The van der Waals surface area contributed by atoms with E-state index in [4.69, 9.17) is 10.5 Å². The van der Waals surface area contributed by atoms with Crippen molar-refractivity contribution in [3.63, 3.8) is 0 Å². The number of hydrogen-bond donors (Lipinski definition) is 4. The van der Waals surface area contributed by atoms with Crippen LogP contribution in [0.2, 0.25) is 0 Å². The van der Waals surface area contributed by atoms with Crippen LogP contribution in [0.4, 0.5) is 26.5 Å². The Morgan fingerprint density at radius 1 is 1.16 bits per heavy atom. The molecule has 3 aromatic rings. The molecule has 2 heterocycles. The molecule has 0 bridgehead atoms. The van der Waals surface area contributed by atoms with Crippen LogP contribution >= 0.6 is 0 Å². The molecule has 0 aliphatic heterocycles. The molecule has 4 rings (SSSR count). The first-order valence-corrected chi connectivity index (χ1v) is 12.0. The van der Waals surface area contributed by atoms with Crippen molar-refractivity contribution in [2.45, 2.75) is 58.2 Å². The van der Waals surface area contributed by atoms with Gasteiger partial charge in [0, 0.05) is 11.7 Å². The van der Waals surface area contributed by atoms with Gasteiger partial charge in [-0.25, -0.2) is 14.2 Å². The second kappa shape index (κ2) is 10.4. The van der Waals surface area contributed by atoms with Crippen molar-refractivity contribution in [3.05, 3.63) is 54.1 Å². The van der Waals surface area contributed by atoms with Crippen LogP contribution < -0.4 is 21.7 Å². The zero-order valence-corrected chi connectivity index (χ0v) is 21.2. The van der Waals surface area contributed by atoms with Gasteiger partial charge >= 0.3 is 6.09 Å². The zero-order valence-electron chi connectivity index (χ0n) is 21.2. The summed E-state index contributed by atoms with van der Waals surface area (Å²) in [5.41, 5.74) is 6.01. The molecule has 37 heavy (non-hydrogen) atoms. The summed E-state index contributed by atoms with van der Waals surface area (Å²) in [6.45, 7) is 7.17. The lowest BCUT2D eigenvalue weighted by molar-refractivity contribution is 0.0501. The van der Waals surface area contributed by atoms with Crippen molar-refractivity contribution in [3.8, 4) is 5.69 Å². The van der Waals surface area contributed by atoms with E-state index < -0.39 is 23.4 Å². The van der Waals surface area contributed by atoms with Crippen molar-refractivity contribution in [2.24, 2.45) is 11.7 Å². The van der Waals surface area contributed by atoms with Crippen molar-refractivity contribution in [1.29, 1.82) is 0 Å². The number of benzene rings is 1. The van der Waals surface area contributed by atoms with E-state index in [1.54, 1.807) is 51.4 Å². The number of rotatable bonds is 9. The summed E-state index contributed by atoms with van der Waals surface area (Å²) in [5, 5.41) is 17.2. The number of pyridine rings is 1. The van der Waals surface area contributed by atoms with Gasteiger partial charge in [-0.2, -0.15) is 15.0 Å². The van der Waals surface area contributed by atoms with E-state index in [0.29, 0.717) is 11.4 Å². The summed E-state index contributed by atoms with van der Waals surface area (Å²) in [5.74, 6) is -1.32. The maximum absolute atomic E-state index is 15.1. The van der Waals surface area contributed by atoms with Crippen LogP contribution in [0.5, 0.6) is 0 Å². The standard InChI is InChI=1S/C25H31FN8O3/c1-14(30-24(36)37-25(2,3)4)20(15-8-9-15)32-23-19(26)13-18(21(27)35)22(33-23)31-16-6-5-7-17(12-16)34-28-10-11-29-34/h5-7,10-15,20H,8-9H2,1-4H3,(H2,27,35)(H,30,36)(H2,31,32,33)/t14-,20-/m0/s1. The molecule has 1 fully saturated rings. The fourth-order valence-corrected chi connectivity index (χ4v) is 3.91. The minimum absolute atomic E-state index is 0.0628. The monoisotopic (exact) mass is 510 g/mol. The van der Waals surface area contributed by atoms with Crippen molar-refractivity contribution < 1.29 is 18.7 Å². The highest BCUT2D eigenvalue weighted by Crippen LogP contribution is 2.36. The molecule has 0 radical (unpaired) electrons. The first-order chi connectivity index (χ1) is 17.5. The average molecular weight is 511 g/mol. The molecule has 0 spiro atoms. The Kier molecular flexibility index (Phi) is 7.28. The summed E-state index contributed by atoms with van der Waals surface area (Å²) in [6.07, 6.45) is 4.41. The number of aromatic nitrogens is 4. The maximum Gasteiger partial charge on any atom is 0.407 e. The number of nitrogens with one attached hydrogen (secondary N) is 3. The Balaban J connectivity index is 1.58. The number of anilines is 3. The second-order valence-electron chi connectivity index (χ2n) is 10.0. The molecule has 11 nitrogen and oxygen atoms in total. The zero-order chi connectivity index (χ0) is 26.7. The molecule has 0 unspecified atom stereocenters. The first-order valence-electron chi connectivity index (χ1n) is 12.0. The first kappa shape index (κ1) is 25.9. The van der Waals surface area contributed by atoms with Crippen LogP contribution in [-0.4, -0.2) is 49.7 Å². The number of amides is 2. The smallest absolute Gasteiger partial charge is 0.407 e. The fraction of sp³-hybridized carbons (Fsp3) is 0.400. The summed E-state index contributed by atoms with van der Waals surface area (Å²) < 4.78 is 20.4. The summed E-state index contributed by atoms with van der Waals surface area (Å²) in [6, 6.07) is 7.46. The van der Waals surface area contributed by atoms with E-state index in [1.807, 2.05) is 13.0 Å². The molecular formula is C25H31FN8O3.